The van der Waals surface area contributed by atoms with Crippen LogP contribution in [0.25, 0.3) is 52.2 Å². The molecule has 1 nitrogen and oxygen atoms in total. The summed E-state index contributed by atoms with van der Waals surface area (Å²) in [5, 5.41) is 7.36. The molecule has 0 bridgehead atoms. The van der Waals surface area contributed by atoms with Gasteiger partial charge in [-0.25, -0.2) is 0 Å². The molecule has 1 aliphatic heterocycles. The molecule has 3 aromatic heterocycles. The summed E-state index contributed by atoms with van der Waals surface area (Å²) < 4.78 is 2.74. The van der Waals surface area contributed by atoms with Gasteiger partial charge in [0.2, 0.25) is 0 Å². The molecular weight excluding hydrogens is 735 g/mol. The Bertz CT molecular complexity index is 2820. The van der Waals surface area contributed by atoms with Gasteiger partial charge in [-0.05, 0) is 122 Å². The van der Waals surface area contributed by atoms with Crippen LogP contribution < -0.4 is 4.90 Å². The summed E-state index contributed by atoms with van der Waals surface area (Å²) in [5.74, 6) is 0.431. The minimum absolute atomic E-state index is 0.350. The molecule has 3 aliphatic rings. The minimum atomic E-state index is -0.350. The van der Waals surface area contributed by atoms with Gasteiger partial charge in [-0.15, -0.1) is 34.0 Å². The predicted octanol–water partition coefficient (Wildman–Crippen LogP) is 16.0. The minimum Gasteiger partial charge on any atom is -0.312 e. The summed E-state index contributed by atoms with van der Waals surface area (Å²) in [6.07, 6.45) is 12.1. The zero-order chi connectivity index (χ0) is 37.4. The van der Waals surface area contributed by atoms with E-state index < -0.39 is 0 Å². The molecule has 0 amide bonds. The maximum atomic E-state index is 2.74. The molecular formula is C52H43NS3. The number of rotatable bonds is 8. The summed E-state index contributed by atoms with van der Waals surface area (Å²) in [7, 11) is 0. The van der Waals surface area contributed by atoms with E-state index in [1.807, 2.05) is 34.0 Å². The number of nitrogens with zero attached hydrogens (tertiary/aromatic N) is 1. The number of benzene rings is 5. The summed E-state index contributed by atoms with van der Waals surface area (Å²) in [4.78, 5) is 5.63. The molecule has 5 aromatic carbocycles. The van der Waals surface area contributed by atoms with Crippen molar-refractivity contribution in [3.05, 3.63) is 178 Å². The first-order valence-electron chi connectivity index (χ1n) is 20.3. The van der Waals surface area contributed by atoms with Gasteiger partial charge in [-0.3, -0.25) is 0 Å². The lowest BCUT2D eigenvalue weighted by Gasteiger charge is -2.47. The Kier molecular flexibility index (Phi) is 8.31. The maximum Gasteiger partial charge on any atom is 0.0768 e. The van der Waals surface area contributed by atoms with Gasteiger partial charge in [0, 0.05) is 36.6 Å². The van der Waals surface area contributed by atoms with Gasteiger partial charge in [0.05, 0.1) is 15.8 Å². The fraction of sp³-hybridized carbons (Fsp3) is 0.192. The monoisotopic (exact) mass is 777 g/mol. The Morgan fingerprint density at radius 3 is 2.21 bits per heavy atom. The van der Waals surface area contributed by atoms with Crippen LogP contribution in [-0.4, -0.2) is 0 Å². The molecule has 4 heterocycles. The van der Waals surface area contributed by atoms with E-state index >= 15 is 0 Å². The van der Waals surface area contributed by atoms with Crippen LogP contribution in [0.5, 0.6) is 0 Å². The molecule has 1 atom stereocenters. The molecule has 4 heteroatoms. The van der Waals surface area contributed by atoms with Crippen LogP contribution in [0, 0.1) is 5.92 Å². The standard InChI is InChI=1S/C52H43NS3/c1-3-4-5-7-13-34-29-38(37-17-12-16-36(31-37)35-14-8-6-9-15-35)32-39(30-34)53-46-28-33(2)20-22-42(46)52(44-24-26-54-50(44)51-45(52)25-27-55-51)43-23-21-41-40-18-10-11-19-47(40)56-49(41)48(43)53/h6,8-12,14-27,29-33H,3-5,7,13,28H2,1-2H3. The Morgan fingerprint density at radius 2 is 1.41 bits per heavy atom. The quantitative estimate of drug-likeness (QED) is 0.139. The first-order valence-corrected chi connectivity index (χ1v) is 22.8. The Balaban J connectivity index is 1.21. The molecule has 0 N–H and O–H groups in total. The number of aryl methyl sites for hydroxylation is 1. The van der Waals surface area contributed by atoms with E-state index in [9.17, 15) is 0 Å². The topological polar surface area (TPSA) is 3.24 Å². The highest BCUT2D eigenvalue weighted by Gasteiger charge is 2.54. The third kappa shape index (κ3) is 5.15. The lowest BCUT2D eigenvalue weighted by atomic mass is 9.63. The number of hydrogen-bond acceptors (Lipinski definition) is 4. The molecule has 11 rings (SSSR count). The van der Waals surface area contributed by atoms with E-state index in [4.69, 9.17) is 0 Å². The molecule has 0 saturated carbocycles. The van der Waals surface area contributed by atoms with Gasteiger partial charge in [-0.1, -0.05) is 130 Å². The van der Waals surface area contributed by atoms with Crippen molar-refractivity contribution in [1.29, 1.82) is 0 Å². The number of fused-ring (bicyclic) bond motifs is 12. The smallest absolute Gasteiger partial charge is 0.0768 e. The van der Waals surface area contributed by atoms with Crippen molar-refractivity contribution in [2.24, 2.45) is 5.92 Å². The highest BCUT2D eigenvalue weighted by atomic mass is 32.1. The largest absolute Gasteiger partial charge is 0.312 e. The first kappa shape index (κ1) is 34.3. The molecule has 0 fully saturated rings. The van der Waals surface area contributed by atoms with E-state index in [1.54, 1.807) is 0 Å². The molecule has 0 saturated heterocycles. The second-order valence-electron chi connectivity index (χ2n) is 15.9. The lowest BCUT2D eigenvalue weighted by Crippen LogP contribution is -2.39. The number of unbranched alkanes of at least 4 members (excludes halogenated alkanes) is 3. The normalized spacial score (nSPS) is 16.5. The van der Waals surface area contributed by atoms with Gasteiger partial charge >= 0.3 is 0 Å². The summed E-state index contributed by atoms with van der Waals surface area (Å²) in [6.45, 7) is 4.70. The maximum absolute atomic E-state index is 2.74. The van der Waals surface area contributed by atoms with E-state index in [0.29, 0.717) is 5.92 Å². The second kappa shape index (κ2) is 13.6. The van der Waals surface area contributed by atoms with Crippen molar-refractivity contribution in [3.8, 4) is 32.0 Å². The van der Waals surface area contributed by atoms with E-state index in [0.717, 1.165) is 12.8 Å². The first-order chi connectivity index (χ1) is 27.6. The van der Waals surface area contributed by atoms with Crippen LogP contribution in [0.2, 0.25) is 0 Å². The third-order valence-electron chi connectivity index (χ3n) is 12.4. The third-order valence-corrected chi connectivity index (χ3v) is 15.6. The van der Waals surface area contributed by atoms with Crippen molar-refractivity contribution in [2.45, 2.75) is 57.8 Å². The Hall–Kier alpha value is -5.00. The molecule has 1 unspecified atom stereocenters. The van der Waals surface area contributed by atoms with Gasteiger partial charge in [0.15, 0.2) is 0 Å². The summed E-state index contributed by atoms with van der Waals surface area (Å²) >= 11 is 5.79. The summed E-state index contributed by atoms with van der Waals surface area (Å²) in [5.41, 5.74) is 16.0. The van der Waals surface area contributed by atoms with Crippen molar-refractivity contribution < 1.29 is 0 Å². The van der Waals surface area contributed by atoms with Crippen LogP contribution >= 0.6 is 34.0 Å². The van der Waals surface area contributed by atoms with E-state index in [2.05, 4.69) is 163 Å². The van der Waals surface area contributed by atoms with Crippen molar-refractivity contribution in [2.75, 3.05) is 4.90 Å². The van der Waals surface area contributed by atoms with Crippen molar-refractivity contribution >= 4 is 65.6 Å². The molecule has 2 aliphatic carbocycles. The highest BCUT2D eigenvalue weighted by Crippen LogP contribution is 2.66. The van der Waals surface area contributed by atoms with E-state index in [1.165, 1.54) is 123 Å². The Labute approximate surface area is 341 Å². The highest BCUT2D eigenvalue weighted by molar-refractivity contribution is 7.26. The number of thiophene rings is 3. The van der Waals surface area contributed by atoms with Crippen LogP contribution in [0.3, 0.4) is 0 Å². The van der Waals surface area contributed by atoms with Crippen LogP contribution in [0.4, 0.5) is 11.4 Å². The van der Waals surface area contributed by atoms with Crippen molar-refractivity contribution in [3.63, 3.8) is 0 Å². The SMILES string of the molecule is CCCCCCc1cc(-c2cccc(-c3ccccc3)c2)cc(N2C3=C(C=CC(C)C3)C3(c4ccsc4-c4sccc43)c3ccc4c(sc5ccccc54)c32)c1. The number of allylic oxidation sites excluding steroid dienone is 4. The van der Waals surface area contributed by atoms with Crippen LogP contribution in [-0.2, 0) is 11.8 Å². The van der Waals surface area contributed by atoms with E-state index in [-0.39, 0.29) is 5.41 Å². The molecule has 0 radical (unpaired) electrons. The van der Waals surface area contributed by atoms with Crippen LogP contribution in [0.15, 0.2) is 156 Å². The molecule has 274 valence electrons. The van der Waals surface area contributed by atoms with Crippen molar-refractivity contribution in [1.82, 2.24) is 0 Å². The zero-order valence-corrected chi connectivity index (χ0v) is 34.3. The van der Waals surface area contributed by atoms with Gasteiger partial charge < -0.3 is 4.90 Å². The van der Waals surface area contributed by atoms with Gasteiger partial charge in [0.25, 0.3) is 0 Å². The molecule has 8 aromatic rings. The zero-order valence-electron chi connectivity index (χ0n) is 31.8. The lowest BCUT2D eigenvalue weighted by molar-refractivity contribution is 0.638. The van der Waals surface area contributed by atoms with Gasteiger partial charge in [-0.2, -0.15) is 0 Å². The Morgan fingerprint density at radius 1 is 0.661 bits per heavy atom. The molecule has 56 heavy (non-hydrogen) atoms. The average molecular weight is 778 g/mol. The average Bonchev–Trinajstić information content (AvgIpc) is 4.04. The number of anilines is 2. The fourth-order valence-corrected chi connectivity index (χ4v) is 13.3. The second-order valence-corrected chi connectivity index (χ2v) is 18.8. The van der Waals surface area contributed by atoms with Crippen LogP contribution in [0.1, 0.15) is 68.2 Å². The summed E-state index contributed by atoms with van der Waals surface area (Å²) in [6, 6.07) is 46.4. The predicted molar refractivity (Wildman–Crippen MR) is 244 cm³/mol. The number of hydrogen-bond donors (Lipinski definition) is 0. The van der Waals surface area contributed by atoms with Gasteiger partial charge in [0.1, 0.15) is 0 Å². The fourth-order valence-electron chi connectivity index (χ4n) is 9.92. The molecule has 1 spiro atoms.